The van der Waals surface area contributed by atoms with E-state index in [-0.39, 0.29) is 5.69 Å². The molecule has 6 nitrogen and oxygen atoms in total. The lowest BCUT2D eigenvalue weighted by atomic mass is 10.1. The molecule has 0 aliphatic carbocycles. The van der Waals surface area contributed by atoms with E-state index >= 15 is 0 Å². The van der Waals surface area contributed by atoms with Crippen LogP contribution < -0.4 is 10.6 Å². The molecule has 0 aliphatic heterocycles. The van der Waals surface area contributed by atoms with Gasteiger partial charge in [-0.2, -0.15) is 0 Å². The third kappa shape index (κ3) is 3.92. The second kappa shape index (κ2) is 6.69. The van der Waals surface area contributed by atoms with Crippen molar-refractivity contribution in [2.24, 2.45) is 0 Å². The molecule has 2 aromatic rings. The molecule has 0 radical (unpaired) electrons. The van der Waals surface area contributed by atoms with Crippen LogP contribution in [0.25, 0.3) is 0 Å². The molecule has 1 aromatic carbocycles. The summed E-state index contributed by atoms with van der Waals surface area (Å²) in [4.78, 5) is 14.8. The normalized spacial score (nSPS) is 10.2. The second-order valence-corrected chi connectivity index (χ2v) is 4.74. The fourth-order valence-corrected chi connectivity index (χ4v) is 2.06. The number of pyridine rings is 1. The van der Waals surface area contributed by atoms with E-state index in [0.29, 0.717) is 18.2 Å². The summed E-state index contributed by atoms with van der Waals surface area (Å²) < 4.78 is 0. The first kappa shape index (κ1) is 14.8. The van der Waals surface area contributed by atoms with Gasteiger partial charge in [-0.25, -0.2) is 4.98 Å². The van der Waals surface area contributed by atoms with Gasteiger partial charge in [-0.15, -0.1) is 0 Å². The van der Waals surface area contributed by atoms with Gasteiger partial charge in [-0.1, -0.05) is 29.8 Å². The first-order valence-corrected chi connectivity index (χ1v) is 6.73. The summed E-state index contributed by atoms with van der Waals surface area (Å²) in [5, 5.41) is 16.9. The van der Waals surface area contributed by atoms with Crippen LogP contribution in [0.2, 0.25) is 0 Å². The fraction of sp³-hybridized carbons (Fsp3) is 0.267. The van der Waals surface area contributed by atoms with Crippen LogP contribution in [0.1, 0.15) is 11.1 Å². The smallest absolute Gasteiger partial charge is 0.311 e. The van der Waals surface area contributed by atoms with Gasteiger partial charge in [-0.3, -0.25) is 10.1 Å². The monoisotopic (exact) mass is 286 g/mol. The van der Waals surface area contributed by atoms with E-state index in [0.717, 1.165) is 6.42 Å². The van der Waals surface area contributed by atoms with Crippen molar-refractivity contribution in [1.29, 1.82) is 0 Å². The summed E-state index contributed by atoms with van der Waals surface area (Å²) in [7, 11) is 1.73. The number of rotatable bonds is 6. The van der Waals surface area contributed by atoms with E-state index in [9.17, 15) is 10.1 Å². The van der Waals surface area contributed by atoms with Gasteiger partial charge in [-0.05, 0) is 25.0 Å². The van der Waals surface area contributed by atoms with Crippen molar-refractivity contribution in [3.63, 3.8) is 0 Å². The Morgan fingerprint density at radius 2 is 2.10 bits per heavy atom. The molecule has 2 rings (SSSR count). The van der Waals surface area contributed by atoms with Crippen molar-refractivity contribution in [1.82, 2.24) is 4.98 Å². The van der Waals surface area contributed by atoms with E-state index in [1.807, 2.05) is 25.1 Å². The van der Waals surface area contributed by atoms with Crippen LogP contribution in [0.3, 0.4) is 0 Å². The lowest BCUT2D eigenvalue weighted by molar-refractivity contribution is -0.384. The Kier molecular flexibility index (Phi) is 4.71. The Morgan fingerprint density at radius 3 is 2.76 bits per heavy atom. The van der Waals surface area contributed by atoms with Gasteiger partial charge in [0.25, 0.3) is 0 Å². The Balaban J connectivity index is 2.06. The Morgan fingerprint density at radius 1 is 1.29 bits per heavy atom. The van der Waals surface area contributed by atoms with Crippen LogP contribution in [0.4, 0.5) is 17.3 Å². The predicted octanol–water partition coefficient (Wildman–Crippen LogP) is 2.99. The average Bonchev–Trinajstić information content (AvgIpc) is 2.47. The van der Waals surface area contributed by atoms with E-state index in [1.54, 1.807) is 13.1 Å². The van der Waals surface area contributed by atoms with Crippen LogP contribution >= 0.6 is 0 Å². The zero-order valence-electron chi connectivity index (χ0n) is 12.1. The van der Waals surface area contributed by atoms with Gasteiger partial charge in [0.05, 0.1) is 4.92 Å². The number of aromatic nitrogens is 1. The molecule has 0 bridgehead atoms. The summed E-state index contributed by atoms with van der Waals surface area (Å²) in [5.74, 6) is 0.887. The maximum Gasteiger partial charge on any atom is 0.311 e. The summed E-state index contributed by atoms with van der Waals surface area (Å²) in [6, 6.07) is 11.2. The summed E-state index contributed by atoms with van der Waals surface area (Å²) in [6.45, 7) is 2.63. The minimum Gasteiger partial charge on any atom is -0.373 e. The lowest BCUT2D eigenvalue weighted by Crippen LogP contribution is -2.09. The summed E-state index contributed by atoms with van der Waals surface area (Å²) >= 11 is 0. The Bertz CT molecular complexity index is 643. The lowest BCUT2D eigenvalue weighted by Gasteiger charge is -2.08. The third-order valence-electron chi connectivity index (χ3n) is 3.12. The van der Waals surface area contributed by atoms with Crippen molar-refractivity contribution in [2.75, 3.05) is 24.2 Å². The zero-order chi connectivity index (χ0) is 15.2. The van der Waals surface area contributed by atoms with Gasteiger partial charge >= 0.3 is 5.69 Å². The molecule has 1 heterocycles. The number of hydrogen-bond donors (Lipinski definition) is 2. The van der Waals surface area contributed by atoms with Crippen LogP contribution in [0.15, 0.2) is 36.4 Å². The van der Waals surface area contributed by atoms with Crippen LogP contribution in [0, 0.1) is 17.0 Å². The highest BCUT2D eigenvalue weighted by Gasteiger charge is 2.15. The summed E-state index contributed by atoms with van der Waals surface area (Å²) in [5.41, 5.74) is 2.38. The van der Waals surface area contributed by atoms with Gasteiger partial charge in [0.15, 0.2) is 0 Å². The molecular weight excluding hydrogens is 268 g/mol. The molecule has 0 aliphatic rings. The highest BCUT2D eigenvalue weighted by molar-refractivity contribution is 5.60. The van der Waals surface area contributed by atoms with Gasteiger partial charge < -0.3 is 10.6 Å². The molecule has 0 fully saturated rings. The largest absolute Gasteiger partial charge is 0.373 e. The van der Waals surface area contributed by atoms with E-state index in [4.69, 9.17) is 0 Å². The predicted molar refractivity (Wildman–Crippen MR) is 83.8 cm³/mol. The highest BCUT2D eigenvalue weighted by atomic mass is 16.6. The molecule has 0 amide bonds. The number of nitrogens with one attached hydrogen (secondary N) is 2. The quantitative estimate of drug-likeness (QED) is 0.630. The highest BCUT2D eigenvalue weighted by Crippen LogP contribution is 2.23. The van der Waals surface area contributed by atoms with Crippen molar-refractivity contribution >= 4 is 17.3 Å². The maximum atomic E-state index is 11.0. The topological polar surface area (TPSA) is 80.1 Å². The number of benzene rings is 1. The van der Waals surface area contributed by atoms with E-state index in [2.05, 4.69) is 21.7 Å². The minimum absolute atomic E-state index is 0.0155. The number of nitrogens with zero attached hydrogens (tertiary/aromatic N) is 2. The molecule has 110 valence electrons. The SMILES string of the molecule is CNc1ccc([N+](=O)[O-])c(NCCc2cccc(C)c2)n1. The molecule has 0 spiro atoms. The molecule has 21 heavy (non-hydrogen) atoms. The summed E-state index contributed by atoms with van der Waals surface area (Å²) in [6.07, 6.45) is 0.782. The number of aryl methyl sites for hydroxylation is 1. The van der Waals surface area contributed by atoms with Crippen molar-refractivity contribution in [3.8, 4) is 0 Å². The number of nitro groups is 1. The molecule has 0 saturated heterocycles. The molecule has 0 atom stereocenters. The fourth-order valence-electron chi connectivity index (χ4n) is 2.06. The minimum atomic E-state index is -0.429. The van der Waals surface area contributed by atoms with Crippen LogP contribution in [0.5, 0.6) is 0 Å². The van der Waals surface area contributed by atoms with Crippen molar-refractivity contribution in [2.45, 2.75) is 13.3 Å². The standard InChI is InChI=1S/C15H18N4O2/c1-11-4-3-5-12(10-11)8-9-17-15-13(19(20)21)6-7-14(16-2)18-15/h3-7,10H,8-9H2,1-2H3,(H2,16,17,18). The molecule has 2 N–H and O–H groups in total. The first-order chi connectivity index (χ1) is 10.1. The Labute approximate surface area is 123 Å². The van der Waals surface area contributed by atoms with E-state index < -0.39 is 4.92 Å². The molecular formula is C15H18N4O2. The van der Waals surface area contributed by atoms with Crippen LogP contribution in [-0.2, 0) is 6.42 Å². The zero-order valence-corrected chi connectivity index (χ0v) is 12.1. The second-order valence-electron chi connectivity index (χ2n) is 4.74. The molecule has 0 unspecified atom stereocenters. The number of anilines is 2. The Hall–Kier alpha value is -2.63. The van der Waals surface area contributed by atoms with Gasteiger partial charge in [0.2, 0.25) is 5.82 Å². The van der Waals surface area contributed by atoms with E-state index in [1.165, 1.54) is 17.2 Å². The first-order valence-electron chi connectivity index (χ1n) is 6.73. The molecule has 6 heteroatoms. The van der Waals surface area contributed by atoms with Gasteiger partial charge in [0, 0.05) is 19.7 Å². The van der Waals surface area contributed by atoms with Crippen molar-refractivity contribution < 1.29 is 4.92 Å². The molecule has 1 aromatic heterocycles. The molecule has 0 saturated carbocycles. The van der Waals surface area contributed by atoms with Gasteiger partial charge in [0.1, 0.15) is 5.82 Å². The number of hydrogen-bond acceptors (Lipinski definition) is 5. The third-order valence-corrected chi connectivity index (χ3v) is 3.12. The van der Waals surface area contributed by atoms with Crippen LogP contribution in [-0.4, -0.2) is 23.5 Å². The van der Waals surface area contributed by atoms with Crippen molar-refractivity contribution in [3.05, 3.63) is 57.6 Å². The maximum absolute atomic E-state index is 11.0. The average molecular weight is 286 g/mol.